The molecule has 3 heterocycles. The standard InChI is InChI=1S/C14H15F3N6O/c15-14(16,17)9-5-11(18)20-7-8(9)10-6-12(19)22-13(21-10)23-1-3-24-4-2-23/h5-7H,1-4H2,(H2,18,20)(H2,19,21,22). The zero-order valence-electron chi connectivity index (χ0n) is 12.5. The summed E-state index contributed by atoms with van der Waals surface area (Å²) >= 11 is 0. The lowest BCUT2D eigenvalue weighted by molar-refractivity contribution is -0.137. The molecule has 7 nitrogen and oxygen atoms in total. The molecule has 24 heavy (non-hydrogen) atoms. The van der Waals surface area contributed by atoms with Crippen LogP contribution in [0.25, 0.3) is 11.3 Å². The van der Waals surface area contributed by atoms with Crippen LogP contribution >= 0.6 is 0 Å². The lowest BCUT2D eigenvalue weighted by Crippen LogP contribution is -2.37. The van der Waals surface area contributed by atoms with Crippen molar-refractivity contribution in [3.63, 3.8) is 0 Å². The van der Waals surface area contributed by atoms with Gasteiger partial charge in [-0.25, -0.2) is 9.97 Å². The lowest BCUT2D eigenvalue weighted by atomic mass is 10.1. The van der Waals surface area contributed by atoms with Gasteiger partial charge in [0.15, 0.2) is 0 Å². The van der Waals surface area contributed by atoms with Gasteiger partial charge in [0.1, 0.15) is 11.6 Å². The van der Waals surface area contributed by atoms with E-state index in [1.54, 1.807) is 4.90 Å². The van der Waals surface area contributed by atoms with E-state index in [-0.39, 0.29) is 28.8 Å². The molecule has 0 saturated carbocycles. The maximum atomic E-state index is 13.3. The van der Waals surface area contributed by atoms with Gasteiger partial charge in [-0.2, -0.15) is 18.2 Å². The van der Waals surface area contributed by atoms with Crippen LogP contribution in [0.2, 0.25) is 0 Å². The van der Waals surface area contributed by atoms with Crippen LogP contribution < -0.4 is 16.4 Å². The molecule has 0 unspecified atom stereocenters. The highest BCUT2D eigenvalue weighted by atomic mass is 19.4. The van der Waals surface area contributed by atoms with Crippen molar-refractivity contribution in [2.75, 3.05) is 42.7 Å². The number of rotatable bonds is 2. The Labute approximate surface area is 135 Å². The fourth-order valence-corrected chi connectivity index (χ4v) is 2.41. The number of morpholine rings is 1. The van der Waals surface area contributed by atoms with Gasteiger partial charge in [0.25, 0.3) is 0 Å². The summed E-state index contributed by atoms with van der Waals surface area (Å²) in [5.74, 6) is 0.117. The molecule has 0 atom stereocenters. The van der Waals surface area contributed by atoms with Crippen LogP contribution in [0, 0.1) is 0 Å². The summed E-state index contributed by atoms with van der Waals surface area (Å²) in [4.78, 5) is 13.9. The number of ether oxygens (including phenoxy) is 1. The monoisotopic (exact) mass is 340 g/mol. The van der Waals surface area contributed by atoms with Crippen LogP contribution in [0.3, 0.4) is 0 Å². The summed E-state index contributed by atoms with van der Waals surface area (Å²) in [6.07, 6.45) is -3.55. The second-order valence-electron chi connectivity index (χ2n) is 5.23. The average Bonchev–Trinajstić information content (AvgIpc) is 2.54. The van der Waals surface area contributed by atoms with Crippen LogP contribution in [0.15, 0.2) is 18.3 Å². The number of nitrogen functional groups attached to an aromatic ring is 2. The van der Waals surface area contributed by atoms with Crippen molar-refractivity contribution < 1.29 is 17.9 Å². The largest absolute Gasteiger partial charge is 0.417 e. The number of pyridine rings is 1. The molecule has 1 aliphatic heterocycles. The number of nitrogens with two attached hydrogens (primary N) is 2. The van der Waals surface area contributed by atoms with Crippen molar-refractivity contribution in [3.05, 3.63) is 23.9 Å². The summed E-state index contributed by atoms with van der Waals surface area (Å²) in [5.41, 5.74) is 10.1. The van der Waals surface area contributed by atoms with Gasteiger partial charge in [-0.1, -0.05) is 0 Å². The van der Waals surface area contributed by atoms with Gasteiger partial charge in [0.05, 0.1) is 24.5 Å². The number of aromatic nitrogens is 3. The normalized spacial score (nSPS) is 15.5. The lowest BCUT2D eigenvalue weighted by Gasteiger charge is -2.27. The smallest absolute Gasteiger partial charge is 0.384 e. The van der Waals surface area contributed by atoms with E-state index in [4.69, 9.17) is 16.2 Å². The Morgan fingerprint density at radius 1 is 1.04 bits per heavy atom. The van der Waals surface area contributed by atoms with Crippen LogP contribution in [-0.4, -0.2) is 41.3 Å². The molecule has 10 heteroatoms. The first-order valence-electron chi connectivity index (χ1n) is 7.15. The molecule has 2 aromatic rings. The molecule has 2 aromatic heterocycles. The quantitative estimate of drug-likeness (QED) is 0.855. The van der Waals surface area contributed by atoms with Crippen LogP contribution in [-0.2, 0) is 10.9 Å². The number of halogens is 3. The topological polar surface area (TPSA) is 103 Å². The summed E-state index contributed by atoms with van der Waals surface area (Å²) in [6.45, 7) is 2.06. The molecule has 0 aliphatic carbocycles. The first-order chi connectivity index (χ1) is 11.3. The minimum atomic E-state index is -4.59. The number of alkyl halides is 3. The Balaban J connectivity index is 2.08. The fraction of sp³-hybridized carbons (Fsp3) is 0.357. The molecule has 0 radical (unpaired) electrons. The SMILES string of the molecule is Nc1cc(C(F)(F)F)c(-c2cc(N)nc(N3CCOCC3)n2)cn1. The van der Waals surface area contributed by atoms with E-state index in [0.29, 0.717) is 26.3 Å². The second kappa shape index (κ2) is 6.11. The van der Waals surface area contributed by atoms with Crippen LogP contribution in [0.1, 0.15) is 5.56 Å². The third-order valence-corrected chi connectivity index (χ3v) is 3.53. The first-order valence-corrected chi connectivity index (χ1v) is 7.15. The molecule has 0 spiro atoms. The summed E-state index contributed by atoms with van der Waals surface area (Å²) in [7, 11) is 0. The fourth-order valence-electron chi connectivity index (χ4n) is 2.41. The van der Waals surface area contributed by atoms with Crippen LogP contribution in [0.4, 0.5) is 30.8 Å². The Bertz CT molecular complexity index is 746. The van der Waals surface area contributed by atoms with E-state index in [2.05, 4.69) is 15.0 Å². The Kier molecular flexibility index (Phi) is 4.14. The van der Waals surface area contributed by atoms with E-state index in [0.717, 1.165) is 12.3 Å². The first kappa shape index (κ1) is 16.2. The Hall–Kier alpha value is -2.62. The van der Waals surface area contributed by atoms with E-state index >= 15 is 0 Å². The van der Waals surface area contributed by atoms with E-state index in [9.17, 15) is 13.2 Å². The summed E-state index contributed by atoms with van der Waals surface area (Å²) in [6, 6.07) is 2.06. The highest BCUT2D eigenvalue weighted by Gasteiger charge is 2.35. The molecule has 0 amide bonds. The molecule has 1 aliphatic rings. The van der Waals surface area contributed by atoms with Gasteiger partial charge in [-0.3, -0.25) is 0 Å². The molecular formula is C14H15F3N6O. The van der Waals surface area contributed by atoms with Crippen molar-refractivity contribution in [3.8, 4) is 11.3 Å². The molecule has 3 rings (SSSR count). The van der Waals surface area contributed by atoms with Gasteiger partial charge >= 0.3 is 6.18 Å². The molecule has 1 saturated heterocycles. The molecule has 1 fully saturated rings. The summed E-state index contributed by atoms with van der Waals surface area (Å²) < 4.78 is 45.1. The Morgan fingerprint density at radius 2 is 1.75 bits per heavy atom. The summed E-state index contributed by atoms with van der Waals surface area (Å²) in [5, 5.41) is 0. The molecule has 0 aromatic carbocycles. The molecule has 4 N–H and O–H groups in total. The minimum absolute atomic E-state index is 0.0452. The third-order valence-electron chi connectivity index (χ3n) is 3.53. The van der Waals surface area contributed by atoms with Crippen molar-refractivity contribution in [1.82, 2.24) is 15.0 Å². The number of anilines is 3. The van der Waals surface area contributed by atoms with Gasteiger partial charge in [-0.05, 0) is 6.07 Å². The zero-order chi connectivity index (χ0) is 17.3. The number of nitrogens with zero attached hydrogens (tertiary/aromatic N) is 4. The maximum absolute atomic E-state index is 13.3. The van der Waals surface area contributed by atoms with E-state index in [1.807, 2.05) is 0 Å². The predicted molar refractivity (Wildman–Crippen MR) is 82.1 cm³/mol. The number of hydrogen-bond donors (Lipinski definition) is 2. The van der Waals surface area contributed by atoms with Gasteiger partial charge in [0, 0.05) is 30.9 Å². The van der Waals surface area contributed by atoms with Crippen molar-refractivity contribution in [2.45, 2.75) is 6.18 Å². The van der Waals surface area contributed by atoms with E-state index in [1.165, 1.54) is 6.07 Å². The zero-order valence-corrected chi connectivity index (χ0v) is 12.5. The van der Waals surface area contributed by atoms with Gasteiger partial charge in [0.2, 0.25) is 5.95 Å². The average molecular weight is 340 g/mol. The van der Waals surface area contributed by atoms with Crippen molar-refractivity contribution in [1.29, 1.82) is 0 Å². The number of hydrogen-bond acceptors (Lipinski definition) is 7. The molecular weight excluding hydrogens is 325 g/mol. The van der Waals surface area contributed by atoms with Gasteiger partial charge < -0.3 is 21.1 Å². The molecule has 0 bridgehead atoms. The Morgan fingerprint density at radius 3 is 2.42 bits per heavy atom. The van der Waals surface area contributed by atoms with Gasteiger partial charge in [-0.15, -0.1) is 0 Å². The molecule has 128 valence electrons. The van der Waals surface area contributed by atoms with Crippen molar-refractivity contribution >= 4 is 17.6 Å². The van der Waals surface area contributed by atoms with Crippen molar-refractivity contribution in [2.24, 2.45) is 0 Å². The minimum Gasteiger partial charge on any atom is -0.384 e. The maximum Gasteiger partial charge on any atom is 0.417 e. The highest BCUT2D eigenvalue weighted by molar-refractivity contribution is 5.68. The van der Waals surface area contributed by atoms with Crippen LogP contribution in [0.5, 0.6) is 0 Å². The van der Waals surface area contributed by atoms with E-state index < -0.39 is 11.7 Å². The second-order valence-corrected chi connectivity index (χ2v) is 5.23. The highest BCUT2D eigenvalue weighted by Crippen LogP contribution is 2.37. The predicted octanol–water partition coefficient (Wildman–Crippen LogP) is 1.56. The third kappa shape index (κ3) is 3.32.